The number of hydrogen-bond acceptors (Lipinski definition) is 6. The van der Waals surface area contributed by atoms with Crippen LogP contribution in [0.2, 0.25) is 5.02 Å². The van der Waals surface area contributed by atoms with Gasteiger partial charge in [-0.25, -0.2) is 4.79 Å². The first-order valence-electron chi connectivity index (χ1n) is 9.12. The fourth-order valence-electron chi connectivity index (χ4n) is 2.45. The number of hydrogen-bond donors (Lipinski definition) is 1. The maximum atomic E-state index is 12.2. The summed E-state index contributed by atoms with van der Waals surface area (Å²) in [5.41, 5.74) is 0.659. The number of anilines is 1. The predicted octanol–water partition coefficient (Wildman–Crippen LogP) is 3.00. The number of halogens is 1. The second kappa shape index (κ2) is 11.1. The summed E-state index contributed by atoms with van der Waals surface area (Å²) in [5.74, 6) is -0.776. The van der Waals surface area contributed by atoms with Gasteiger partial charge in [0.1, 0.15) is 0 Å². The highest BCUT2D eigenvalue weighted by molar-refractivity contribution is 6.33. The van der Waals surface area contributed by atoms with E-state index in [9.17, 15) is 14.4 Å². The van der Waals surface area contributed by atoms with Crippen molar-refractivity contribution in [1.29, 1.82) is 0 Å². The van der Waals surface area contributed by atoms with Gasteiger partial charge in [0.25, 0.3) is 5.91 Å². The molecular weight excluding hydrogens is 412 g/mol. The van der Waals surface area contributed by atoms with Crippen LogP contribution in [-0.4, -0.2) is 56.6 Å². The van der Waals surface area contributed by atoms with E-state index in [1.165, 1.54) is 26.3 Å². The van der Waals surface area contributed by atoms with Crippen molar-refractivity contribution < 1.29 is 28.6 Å². The average molecular weight is 435 g/mol. The van der Waals surface area contributed by atoms with Crippen LogP contribution in [0.4, 0.5) is 5.69 Å². The lowest BCUT2D eigenvalue weighted by atomic mass is 10.2. The Morgan fingerprint density at radius 2 is 1.83 bits per heavy atom. The summed E-state index contributed by atoms with van der Waals surface area (Å²) < 4.78 is 15.6. The SMILES string of the molecule is CCOc1cc(C(=O)OCC(=O)N(C)CC(=O)Nc2ccccc2Cl)ccc1OC. The number of carbonyl (C=O) groups is 3. The zero-order valence-electron chi connectivity index (χ0n) is 16.9. The average Bonchev–Trinajstić information content (AvgIpc) is 2.73. The van der Waals surface area contributed by atoms with Crippen molar-refractivity contribution in [3.63, 3.8) is 0 Å². The molecular formula is C21H23ClN2O6. The molecule has 1 N–H and O–H groups in total. The maximum absolute atomic E-state index is 12.2. The molecule has 9 heteroatoms. The number of methoxy groups -OCH3 is 1. The molecule has 2 rings (SSSR count). The Labute approximate surface area is 179 Å². The van der Waals surface area contributed by atoms with Crippen LogP contribution in [0.1, 0.15) is 17.3 Å². The highest BCUT2D eigenvalue weighted by Crippen LogP contribution is 2.28. The Balaban J connectivity index is 1.88. The first kappa shape index (κ1) is 23.0. The standard InChI is InChI=1S/C21H23ClN2O6/c1-4-29-18-11-14(9-10-17(18)28-3)21(27)30-13-20(26)24(2)12-19(25)23-16-8-6-5-7-15(16)22/h5-11H,4,12-13H2,1-3H3,(H,23,25). The molecule has 160 valence electrons. The summed E-state index contributed by atoms with van der Waals surface area (Å²) in [6.07, 6.45) is 0. The third-order valence-electron chi connectivity index (χ3n) is 3.98. The van der Waals surface area contributed by atoms with Gasteiger partial charge in [-0.05, 0) is 37.3 Å². The van der Waals surface area contributed by atoms with Crippen LogP contribution in [0.5, 0.6) is 11.5 Å². The molecule has 0 aliphatic heterocycles. The third-order valence-corrected chi connectivity index (χ3v) is 4.31. The largest absolute Gasteiger partial charge is 0.493 e. The van der Waals surface area contributed by atoms with Gasteiger partial charge < -0.3 is 24.4 Å². The topological polar surface area (TPSA) is 94.2 Å². The van der Waals surface area contributed by atoms with E-state index in [1.54, 1.807) is 37.3 Å². The smallest absolute Gasteiger partial charge is 0.338 e. The Morgan fingerprint density at radius 3 is 2.50 bits per heavy atom. The molecule has 0 atom stereocenters. The van der Waals surface area contributed by atoms with Gasteiger partial charge in [0.2, 0.25) is 5.91 Å². The van der Waals surface area contributed by atoms with Crippen molar-refractivity contribution in [2.75, 3.05) is 39.2 Å². The number of amides is 2. The number of benzene rings is 2. The molecule has 0 aromatic heterocycles. The second-order valence-corrected chi connectivity index (χ2v) is 6.56. The molecule has 0 radical (unpaired) electrons. The minimum absolute atomic E-state index is 0.214. The lowest BCUT2D eigenvalue weighted by Gasteiger charge is -2.17. The Bertz CT molecular complexity index is 918. The summed E-state index contributed by atoms with van der Waals surface area (Å²) in [4.78, 5) is 37.7. The van der Waals surface area contributed by atoms with Gasteiger partial charge in [0.05, 0.1) is 36.5 Å². The minimum Gasteiger partial charge on any atom is -0.493 e. The monoisotopic (exact) mass is 434 g/mol. The molecule has 0 aliphatic rings. The summed E-state index contributed by atoms with van der Waals surface area (Å²) in [5, 5.41) is 3.01. The van der Waals surface area contributed by atoms with Crippen molar-refractivity contribution in [3.8, 4) is 11.5 Å². The van der Waals surface area contributed by atoms with Crippen LogP contribution in [0.25, 0.3) is 0 Å². The molecule has 2 aromatic rings. The van der Waals surface area contributed by atoms with Gasteiger partial charge in [0.15, 0.2) is 18.1 Å². The maximum Gasteiger partial charge on any atom is 0.338 e. The van der Waals surface area contributed by atoms with E-state index < -0.39 is 24.4 Å². The fourth-order valence-corrected chi connectivity index (χ4v) is 2.63. The zero-order valence-corrected chi connectivity index (χ0v) is 17.7. The second-order valence-electron chi connectivity index (χ2n) is 6.15. The van der Waals surface area contributed by atoms with Gasteiger partial charge in [-0.2, -0.15) is 0 Å². The molecule has 0 unspecified atom stereocenters. The van der Waals surface area contributed by atoms with Crippen molar-refractivity contribution in [2.24, 2.45) is 0 Å². The van der Waals surface area contributed by atoms with Crippen molar-refractivity contribution in [2.45, 2.75) is 6.92 Å². The van der Waals surface area contributed by atoms with E-state index in [0.717, 1.165) is 4.90 Å². The van der Waals surface area contributed by atoms with E-state index in [0.29, 0.717) is 28.8 Å². The molecule has 2 amide bonds. The van der Waals surface area contributed by atoms with Crippen LogP contribution in [0, 0.1) is 0 Å². The van der Waals surface area contributed by atoms with Crippen LogP contribution in [-0.2, 0) is 14.3 Å². The number of likely N-dealkylation sites (N-methyl/N-ethyl adjacent to an activating group) is 1. The molecule has 0 saturated heterocycles. The predicted molar refractivity (Wildman–Crippen MR) is 112 cm³/mol. The van der Waals surface area contributed by atoms with E-state index in [2.05, 4.69) is 5.32 Å². The van der Waals surface area contributed by atoms with Gasteiger partial charge in [-0.3, -0.25) is 9.59 Å². The zero-order chi connectivity index (χ0) is 22.1. The van der Waals surface area contributed by atoms with Crippen LogP contribution in [0.3, 0.4) is 0 Å². The lowest BCUT2D eigenvalue weighted by molar-refractivity contribution is -0.136. The summed E-state index contributed by atoms with van der Waals surface area (Å²) in [6, 6.07) is 11.3. The Hall–Kier alpha value is -3.26. The molecule has 0 fully saturated rings. The molecule has 0 spiro atoms. The summed E-state index contributed by atoms with van der Waals surface area (Å²) >= 11 is 5.99. The molecule has 0 saturated carbocycles. The quantitative estimate of drug-likeness (QED) is 0.610. The van der Waals surface area contributed by atoms with E-state index in [4.69, 9.17) is 25.8 Å². The molecule has 0 heterocycles. The van der Waals surface area contributed by atoms with Gasteiger partial charge in [-0.15, -0.1) is 0 Å². The van der Waals surface area contributed by atoms with Gasteiger partial charge in [0, 0.05) is 7.05 Å². The number of esters is 1. The summed E-state index contributed by atoms with van der Waals surface area (Å²) in [6.45, 7) is 1.47. The van der Waals surface area contributed by atoms with Crippen molar-refractivity contribution in [1.82, 2.24) is 4.90 Å². The Kier molecular flexibility index (Phi) is 8.49. The Morgan fingerprint density at radius 1 is 1.10 bits per heavy atom. The van der Waals surface area contributed by atoms with E-state index >= 15 is 0 Å². The van der Waals surface area contributed by atoms with Gasteiger partial charge >= 0.3 is 5.97 Å². The highest BCUT2D eigenvalue weighted by atomic mass is 35.5. The van der Waals surface area contributed by atoms with Crippen molar-refractivity contribution in [3.05, 3.63) is 53.1 Å². The first-order valence-corrected chi connectivity index (χ1v) is 9.49. The van der Waals surface area contributed by atoms with Crippen LogP contribution in [0.15, 0.2) is 42.5 Å². The van der Waals surface area contributed by atoms with Crippen LogP contribution < -0.4 is 14.8 Å². The molecule has 2 aromatic carbocycles. The van der Waals surface area contributed by atoms with Gasteiger partial charge in [-0.1, -0.05) is 23.7 Å². The normalized spacial score (nSPS) is 10.1. The number of nitrogens with one attached hydrogen (secondary N) is 1. The first-order chi connectivity index (χ1) is 14.3. The number of ether oxygens (including phenoxy) is 3. The fraction of sp³-hybridized carbons (Fsp3) is 0.286. The highest BCUT2D eigenvalue weighted by Gasteiger charge is 2.18. The van der Waals surface area contributed by atoms with E-state index in [-0.39, 0.29) is 12.1 Å². The molecule has 0 bridgehead atoms. The van der Waals surface area contributed by atoms with E-state index in [1.807, 2.05) is 0 Å². The lowest BCUT2D eigenvalue weighted by Crippen LogP contribution is -2.37. The minimum atomic E-state index is -0.694. The number of para-hydroxylation sites is 1. The van der Waals surface area contributed by atoms with Crippen molar-refractivity contribution >= 4 is 35.1 Å². The number of rotatable bonds is 9. The summed E-state index contributed by atoms with van der Waals surface area (Å²) in [7, 11) is 2.93. The number of carbonyl (C=O) groups excluding carboxylic acids is 3. The molecule has 0 aliphatic carbocycles. The molecule has 8 nitrogen and oxygen atoms in total. The third kappa shape index (κ3) is 6.38. The van der Waals surface area contributed by atoms with Crippen LogP contribution >= 0.6 is 11.6 Å². The number of nitrogens with zero attached hydrogens (tertiary/aromatic N) is 1. The molecule has 30 heavy (non-hydrogen) atoms.